The van der Waals surface area contributed by atoms with Crippen molar-refractivity contribution in [3.05, 3.63) is 83.6 Å². The molecule has 0 amide bonds. The molecule has 3 saturated heterocycles. The van der Waals surface area contributed by atoms with Crippen LogP contribution in [0.3, 0.4) is 0 Å². The van der Waals surface area contributed by atoms with E-state index in [1.165, 1.54) is 12.1 Å². The number of halogens is 3. The Bertz CT molecular complexity index is 2250. The first kappa shape index (κ1) is 37.1. The Morgan fingerprint density at radius 2 is 1.82 bits per heavy atom. The highest BCUT2D eigenvalue weighted by atomic mass is 19.1. The van der Waals surface area contributed by atoms with E-state index in [1.54, 1.807) is 18.3 Å². The molecule has 1 saturated carbocycles. The van der Waals surface area contributed by atoms with Crippen molar-refractivity contribution in [3.8, 4) is 23.0 Å². The first-order valence-electron chi connectivity index (χ1n) is 20.0. The van der Waals surface area contributed by atoms with Crippen molar-refractivity contribution in [1.29, 1.82) is 0 Å². The number of rotatable bonds is 13. The number of fused-ring (bicyclic) bond motifs is 5. The molecule has 9 rings (SSSR count). The molecule has 4 atom stereocenters. The summed E-state index contributed by atoms with van der Waals surface area (Å²) in [6, 6.07) is 16.0. The summed E-state index contributed by atoms with van der Waals surface area (Å²) in [5.41, 5.74) is 1.22. The third-order valence-electron chi connectivity index (χ3n) is 12.6. The number of alkyl halides is 1. The first-order chi connectivity index (χ1) is 27.2. The Morgan fingerprint density at radius 1 is 0.964 bits per heavy atom. The van der Waals surface area contributed by atoms with Crippen LogP contribution >= 0.6 is 0 Å². The zero-order valence-electron chi connectivity index (χ0n) is 31.8. The second-order valence-corrected chi connectivity index (χ2v) is 16.4. The van der Waals surface area contributed by atoms with Crippen LogP contribution in [0, 0.1) is 23.0 Å². The van der Waals surface area contributed by atoms with Crippen molar-refractivity contribution in [2.75, 3.05) is 57.5 Å². The van der Waals surface area contributed by atoms with Crippen LogP contribution in [0.2, 0.25) is 0 Å². The van der Waals surface area contributed by atoms with Crippen LogP contribution < -0.4 is 9.64 Å². The van der Waals surface area contributed by atoms with Crippen LogP contribution in [0.25, 0.3) is 32.9 Å². The molecule has 0 radical (unpaired) electrons. The average molecular weight is 768 g/mol. The molecule has 0 spiro atoms. The molecule has 2 aromatic heterocycles. The number of anilines is 1. The fraction of sp³-hybridized carbons (Fsp3) is 0.477. The van der Waals surface area contributed by atoms with E-state index in [2.05, 4.69) is 19.8 Å². The predicted molar refractivity (Wildman–Crippen MR) is 209 cm³/mol. The molecular weight excluding hydrogens is 720 g/mol. The van der Waals surface area contributed by atoms with E-state index < -0.39 is 23.3 Å². The molecule has 2 unspecified atom stereocenters. The van der Waals surface area contributed by atoms with E-state index >= 15 is 8.78 Å². The second kappa shape index (κ2) is 15.1. The number of phenols is 1. The maximum atomic E-state index is 17.2. The number of hydrogen-bond donors (Lipinski definition) is 1. The SMILES string of the molecule is CCc1c(F)ccc2cc(O)cc(-c3ncc4c(N5CC6CCC(COCCOCc7ccccc7)(C6)C5)nc(OC[C@@]56CCCN5C[C@H](F)C6)nc4c3F)c12. The minimum absolute atomic E-state index is 0.0203. The molecule has 294 valence electrons. The summed E-state index contributed by atoms with van der Waals surface area (Å²) in [6.07, 6.45) is 6.26. The van der Waals surface area contributed by atoms with Crippen molar-refractivity contribution in [3.63, 3.8) is 0 Å². The minimum Gasteiger partial charge on any atom is -0.508 e. The van der Waals surface area contributed by atoms with E-state index in [9.17, 15) is 9.50 Å². The zero-order valence-corrected chi connectivity index (χ0v) is 31.8. The van der Waals surface area contributed by atoms with Crippen molar-refractivity contribution in [2.24, 2.45) is 11.3 Å². The molecule has 4 fully saturated rings. The minimum atomic E-state index is -0.925. The van der Waals surface area contributed by atoms with E-state index in [-0.39, 0.29) is 40.6 Å². The molecule has 4 aliphatic rings. The summed E-state index contributed by atoms with van der Waals surface area (Å²) in [5.74, 6) is -0.277. The fourth-order valence-electron chi connectivity index (χ4n) is 10.1. The molecular formula is C44H48F3N5O4. The lowest BCUT2D eigenvalue weighted by atomic mass is 9.82. The third kappa shape index (κ3) is 6.94. The number of aromatic nitrogens is 3. The lowest BCUT2D eigenvalue weighted by molar-refractivity contribution is 0.000290. The highest BCUT2D eigenvalue weighted by Crippen LogP contribution is 2.49. The van der Waals surface area contributed by atoms with Gasteiger partial charge in [0, 0.05) is 43.2 Å². The number of phenolic OH excluding ortho intramolecular Hbond substituents is 1. The maximum absolute atomic E-state index is 17.2. The molecule has 1 aliphatic carbocycles. The summed E-state index contributed by atoms with van der Waals surface area (Å²) < 4.78 is 65.6. The molecule has 3 aromatic carbocycles. The molecule has 9 nitrogen and oxygen atoms in total. The largest absolute Gasteiger partial charge is 0.508 e. The molecule has 5 aromatic rings. The molecule has 12 heteroatoms. The van der Waals surface area contributed by atoms with E-state index in [4.69, 9.17) is 19.2 Å². The van der Waals surface area contributed by atoms with Crippen LogP contribution in [0.15, 0.2) is 60.8 Å². The molecule has 1 N–H and O–H groups in total. The Balaban J connectivity index is 1.05. The Labute approximate surface area is 324 Å². The number of hydrogen-bond acceptors (Lipinski definition) is 9. The molecule has 56 heavy (non-hydrogen) atoms. The highest BCUT2D eigenvalue weighted by molar-refractivity contribution is 6.01. The fourth-order valence-corrected chi connectivity index (χ4v) is 10.1. The number of pyridine rings is 1. The molecule has 3 aliphatic heterocycles. The first-order valence-corrected chi connectivity index (χ1v) is 20.0. The van der Waals surface area contributed by atoms with E-state index in [1.807, 2.05) is 37.3 Å². The number of aromatic hydroxyl groups is 1. The Hall–Kier alpha value is -4.52. The zero-order chi connectivity index (χ0) is 38.4. The number of aryl methyl sites for hydroxylation is 1. The molecule has 2 bridgehead atoms. The van der Waals surface area contributed by atoms with E-state index in [0.29, 0.717) is 85.8 Å². The van der Waals surface area contributed by atoms with Gasteiger partial charge in [0.2, 0.25) is 0 Å². The van der Waals surface area contributed by atoms with Gasteiger partial charge in [-0.1, -0.05) is 43.3 Å². The van der Waals surface area contributed by atoms with Gasteiger partial charge in [-0.05, 0) is 91.1 Å². The van der Waals surface area contributed by atoms with Gasteiger partial charge in [0.15, 0.2) is 5.82 Å². The second-order valence-electron chi connectivity index (χ2n) is 16.4. The standard InChI is InChI=1S/C44H48F3N5O4/c1-2-33-36(46)10-9-30-17-32(53)18-34(37(30)33)39-38(47)40-35(21-48-39)41(50-42(49-40)56-27-44-12-6-14-52(44)23-31(45)20-44)51-22-29-11-13-43(19-29,25-51)26-55-16-15-54-24-28-7-4-3-5-8-28/h3-5,7-10,17-18,21,29,31,53H,2,6,11-16,19-20,22-27H2,1H3/t29?,31-,43?,44+/m1/s1. The predicted octanol–water partition coefficient (Wildman–Crippen LogP) is 8.19. The lowest BCUT2D eigenvalue weighted by Crippen LogP contribution is -2.46. The summed E-state index contributed by atoms with van der Waals surface area (Å²) in [6.45, 7) is 6.70. The van der Waals surface area contributed by atoms with Crippen molar-refractivity contribution < 1.29 is 32.5 Å². The van der Waals surface area contributed by atoms with Gasteiger partial charge in [0.1, 0.15) is 41.4 Å². The third-order valence-corrected chi connectivity index (χ3v) is 12.6. The van der Waals surface area contributed by atoms with Crippen LogP contribution in [0.5, 0.6) is 11.8 Å². The van der Waals surface area contributed by atoms with Gasteiger partial charge in [0.05, 0.1) is 37.4 Å². The van der Waals surface area contributed by atoms with Crippen molar-refractivity contribution in [1.82, 2.24) is 19.9 Å². The summed E-state index contributed by atoms with van der Waals surface area (Å²) >= 11 is 0. The van der Waals surface area contributed by atoms with Gasteiger partial charge in [-0.15, -0.1) is 0 Å². The average Bonchev–Trinajstić information content (AvgIpc) is 3.83. The highest BCUT2D eigenvalue weighted by Gasteiger charge is 2.50. The van der Waals surface area contributed by atoms with E-state index in [0.717, 1.165) is 50.8 Å². The smallest absolute Gasteiger partial charge is 0.319 e. The monoisotopic (exact) mass is 767 g/mol. The number of nitrogens with zero attached hydrogens (tertiary/aromatic N) is 5. The lowest BCUT2D eigenvalue weighted by Gasteiger charge is -2.41. The van der Waals surface area contributed by atoms with Crippen LogP contribution in [-0.2, 0) is 22.5 Å². The van der Waals surface area contributed by atoms with Crippen LogP contribution in [0.4, 0.5) is 19.0 Å². The topological polar surface area (TPSA) is 93.1 Å². The van der Waals surface area contributed by atoms with Crippen molar-refractivity contribution in [2.45, 2.75) is 70.2 Å². The van der Waals surface area contributed by atoms with Gasteiger partial charge in [-0.25, -0.2) is 13.2 Å². The maximum Gasteiger partial charge on any atom is 0.319 e. The van der Waals surface area contributed by atoms with Gasteiger partial charge >= 0.3 is 6.01 Å². The van der Waals surface area contributed by atoms with Crippen molar-refractivity contribution >= 4 is 27.5 Å². The van der Waals surface area contributed by atoms with Gasteiger partial charge in [-0.3, -0.25) is 9.88 Å². The Morgan fingerprint density at radius 3 is 2.68 bits per heavy atom. The Kier molecular flexibility index (Phi) is 10.00. The summed E-state index contributed by atoms with van der Waals surface area (Å²) in [7, 11) is 0. The van der Waals surface area contributed by atoms with Gasteiger partial charge in [0.25, 0.3) is 0 Å². The number of ether oxygens (including phenoxy) is 3. The van der Waals surface area contributed by atoms with Gasteiger partial charge < -0.3 is 24.2 Å². The number of benzene rings is 3. The van der Waals surface area contributed by atoms with Crippen LogP contribution in [-0.4, -0.2) is 89.3 Å². The molecule has 5 heterocycles. The van der Waals surface area contributed by atoms with Crippen LogP contribution in [0.1, 0.15) is 56.6 Å². The summed E-state index contributed by atoms with van der Waals surface area (Å²) in [5, 5.41) is 12.2. The van der Waals surface area contributed by atoms with Gasteiger partial charge in [-0.2, -0.15) is 9.97 Å². The normalized spacial score (nSPS) is 24.8. The number of piperidine rings is 1. The summed E-state index contributed by atoms with van der Waals surface area (Å²) in [4.78, 5) is 18.7. The quantitative estimate of drug-likeness (QED) is 0.119.